The number of rotatable bonds is 19. The van der Waals surface area contributed by atoms with Crippen molar-refractivity contribution in [3.8, 4) is 0 Å². The van der Waals surface area contributed by atoms with Crippen LogP contribution >= 0.6 is 15.9 Å². The van der Waals surface area contributed by atoms with Crippen molar-refractivity contribution < 1.29 is 46.8 Å². The number of ether oxygens (including phenoxy) is 6. The molecule has 0 bridgehead atoms. The highest BCUT2D eigenvalue weighted by Gasteiger charge is 2.38. The zero-order valence-electron chi connectivity index (χ0n) is 44.3. The molecule has 15 heteroatoms. The molecule has 2 aliphatic carbocycles. The van der Waals surface area contributed by atoms with Gasteiger partial charge in [-0.25, -0.2) is 13.6 Å². The minimum atomic E-state index is -0.645. The van der Waals surface area contributed by atoms with E-state index in [1.807, 2.05) is 0 Å². The molecule has 2 aromatic carbocycles. The number of methoxy groups -OCH3 is 2. The molecule has 12 nitrogen and oxygen atoms in total. The molecule has 4 fully saturated rings. The highest BCUT2D eigenvalue weighted by molar-refractivity contribution is 9.09. The third kappa shape index (κ3) is 16.4. The van der Waals surface area contributed by atoms with E-state index in [0.29, 0.717) is 63.4 Å². The number of benzene rings is 2. The van der Waals surface area contributed by atoms with Crippen molar-refractivity contribution >= 4 is 27.9 Å². The van der Waals surface area contributed by atoms with Crippen LogP contribution in [0.4, 0.5) is 8.78 Å². The molecule has 4 aromatic rings. The molecule has 4 unspecified atom stereocenters. The molecular weight excluding hydrogens is 1020 g/mol. The van der Waals surface area contributed by atoms with Gasteiger partial charge in [0, 0.05) is 80.7 Å². The number of carbonyl (C=O) groups excluding carboxylic acids is 2. The maximum absolute atomic E-state index is 14.3. The van der Waals surface area contributed by atoms with E-state index in [2.05, 4.69) is 55.1 Å². The van der Waals surface area contributed by atoms with Crippen molar-refractivity contribution in [3.05, 3.63) is 128 Å². The Hall–Kier alpha value is -4.22. The second kappa shape index (κ2) is 29.5. The van der Waals surface area contributed by atoms with Gasteiger partial charge in [0.05, 0.1) is 39.6 Å². The van der Waals surface area contributed by atoms with Crippen molar-refractivity contribution in [2.45, 2.75) is 150 Å². The Bertz CT molecular complexity index is 2450. The van der Waals surface area contributed by atoms with E-state index >= 15 is 0 Å². The maximum atomic E-state index is 14.3. The molecule has 10 rings (SSSR count). The highest BCUT2D eigenvalue weighted by Crippen LogP contribution is 2.38. The molecule has 0 saturated carbocycles. The first-order valence-electron chi connectivity index (χ1n) is 27.8. The molecule has 4 aliphatic heterocycles. The van der Waals surface area contributed by atoms with Gasteiger partial charge in [-0.15, -0.1) is 0 Å². The summed E-state index contributed by atoms with van der Waals surface area (Å²) in [5.41, 5.74) is 11.3. The second-order valence-corrected chi connectivity index (χ2v) is 21.8. The monoisotopic (exact) mass is 1100 g/mol. The van der Waals surface area contributed by atoms with Gasteiger partial charge in [0.2, 0.25) is 0 Å². The molecule has 75 heavy (non-hydrogen) atoms. The number of pyridine rings is 2. The van der Waals surface area contributed by atoms with Crippen LogP contribution in [0.2, 0.25) is 0 Å². The lowest BCUT2D eigenvalue weighted by atomic mass is 9.89. The number of nitrogens with one attached hydrogen (secondary N) is 1. The number of aromatic nitrogens is 2. The molecule has 1 N–H and O–H groups in total. The fourth-order valence-electron chi connectivity index (χ4n) is 11.4. The quantitative estimate of drug-likeness (QED) is 0.0545. The minimum absolute atomic E-state index is 0.0563. The van der Waals surface area contributed by atoms with Crippen LogP contribution < -0.4 is 5.32 Å². The van der Waals surface area contributed by atoms with E-state index in [-0.39, 0.29) is 35.5 Å². The second-order valence-electron chi connectivity index (χ2n) is 20.9. The van der Waals surface area contributed by atoms with Gasteiger partial charge < -0.3 is 33.7 Å². The molecule has 0 radical (unpaired) electrons. The summed E-state index contributed by atoms with van der Waals surface area (Å²) in [4.78, 5) is 35.7. The summed E-state index contributed by atoms with van der Waals surface area (Å²) < 4.78 is 60.5. The van der Waals surface area contributed by atoms with Gasteiger partial charge in [-0.05, 0) is 192 Å². The number of fused-ring (bicyclic) bond motifs is 2. The number of hydrogen-bond donors (Lipinski definition) is 1. The number of hydrogen-bond acceptors (Lipinski definition) is 12. The number of likely N-dealkylation sites (tertiary alicyclic amines) is 1. The average Bonchev–Trinajstić information content (AvgIpc) is 4.32. The molecule has 2 aromatic heterocycles. The first-order valence-corrected chi connectivity index (χ1v) is 28.8. The van der Waals surface area contributed by atoms with Crippen LogP contribution in [0.25, 0.3) is 0 Å². The van der Waals surface area contributed by atoms with E-state index in [9.17, 15) is 18.4 Å². The fourth-order valence-corrected chi connectivity index (χ4v) is 12.0. The van der Waals surface area contributed by atoms with Crippen LogP contribution in [0.15, 0.2) is 60.7 Å². The first kappa shape index (κ1) is 57.0. The predicted molar refractivity (Wildman–Crippen MR) is 288 cm³/mol. The summed E-state index contributed by atoms with van der Waals surface area (Å²) in [5, 5.41) is 3.33. The van der Waals surface area contributed by atoms with E-state index in [4.69, 9.17) is 33.7 Å². The van der Waals surface area contributed by atoms with Gasteiger partial charge >= 0.3 is 11.9 Å². The summed E-state index contributed by atoms with van der Waals surface area (Å²) in [6.45, 7) is 7.67. The predicted octanol–water partition coefficient (Wildman–Crippen LogP) is 10.5. The number of alkyl halides is 1. The average molecular weight is 1100 g/mol. The van der Waals surface area contributed by atoms with E-state index in [1.54, 1.807) is 12.1 Å². The highest BCUT2D eigenvalue weighted by atomic mass is 79.9. The van der Waals surface area contributed by atoms with E-state index < -0.39 is 16.8 Å². The van der Waals surface area contributed by atoms with E-state index in [1.165, 1.54) is 130 Å². The summed E-state index contributed by atoms with van der Waals surface area (Å²) in [5.74, 6) is -1.11. The molecule has 0 spiro atoms. The summed E-state index contributed by atoms with van der Waals surface area (Å²) in [6, 6.07) is 17.6. The molecule has 0 amide bonds. The Morgan fingerprint density at radius 2 is 1.23 bits per heavy atom. The van der Waals surface area contributed by atoms with Crippen LogP contribution in [-0.4, -0.2) is 119 Å². The van der Waals surface area contributed by atoms with Gasteiger partial charge in [-0.2, -0.15) is 0 Å². The molecular formula is C60H79BrF2N4O8. The first-order chi connectivity index (χ1) is 36.7. The number of halogens is 3. The zero-order chi connectivity index (χ0) is 52.4. The zero-order valence-corrected chi connectivity index (χ0v) is 45.9. The van der Waals surface area contributed by atoms with Gasteiger partial charge in [0.25, 0.3) is 0 Å². The summed E-state index contributed by atoms with van der Waals surface area (Å²) in [7, 11) is 2.71. The molecule has 6 heterocycles. The Labute approximate surface area is 451 Å². The topological polar surface area (TPSA) is 131 Å². The Kier molecular flexibility index (Phi) is 22.4. The minimum Gasteiger partial charge on any atom is -0.468 e. The fraction of sp³-hybridized carbons (Fsp3) is 0.600. The third-order valence-electron chi connectivity index (χ3n) is 15.6. The summed E-state index contributed by atoms with van der Waals surface area (Å²) in [6.07, 6.45) is 20.6. The van der Waals surface area contributed by atoms with Crippen molar-refractivity contribution in [1.29, 1.82) is 0 Å². The van der Waals surface area contributed by atoms with Crippen LogP contribution in [0.1, 0.15) is 156 Å². The maximum Gasteiger partial charge on any atom is 0.327 e. The third-order valence-corrected chi connectivity index (χ3v) is 16.5. The van der Waals surface area contributed by atoms with Crippen molar-refractivity contribution in [2.24, 2.45) is 0 Å². The Morgan fingerprint density at radius 1 is 0.680 bits per heavy atom. The van der Waals surface area contributed by atoms with E-state index in [0.717, 1.165) is 88.6 Å². The van der Waals surface area contributed by atoms with Crippen LogP contribution in [-0.2, 0) is 76.5 Å². The van der Waals surface area contributed by atoms with Crippen molar-refractivity contribution in [1.82, 2.24) is 20.2 Å². The Morgan fingerprint density at radius 3 is 1.76 bits per heavy atom. The molecule has 408 valence electrons. The van der Waals surface area contributed by atoms with Gasteiger partial charge in [-0.3, -0.25) is 19.7 Å². The lowest BCUT2D eigenvalue weighted by Crippen LogP contribution is -2.35. The van der Waals surface area contributed by atoms with Gasteiger partial charge in [0.1, 0.15) is 22.5 Å². The lowest BCUT2D eigenvalue weighted by Gasteiger charge is -2.29. The SMILES string of the molecule is COC(=O)C(Br)c1cc(F)ccc1C1CCOC1.COC(=O)C(c1cc(F)ccc1C1CCOC1)N1CC[C@@H](OCCCCc2ccc3c(n2)CCCC3)C1.c1cc2c(nc1CCCCO[C@@H]1CCNC1)CCCC2. The molecule has 4 saturated heterocycles. The Balaban J connectivity index is 0.000000165. The molecule has 6 aliphatic rings. The largest absolute Gasteiger partial charge is 0.468 e. The number of nitrogens with zero attached hydrogens (tertiary/aromatic N) is 3. The summed E-state index contributed by atoms with van der Waals surface area (Å²) >= 11 is 3.26. The van der Waals surface area contributed by atoms with Crippen molar-refractivity contribution in [3.63, 3.8) is 0 Å². The van der Waals surface area contributed by atoms with Crippen molar-refractivity contribution in [2.75, 3.05) is 80.0 Å². The number of esters is 2. The number of unbranched alkanes of at least 4 members (excludes halogenated alkanes) is 2. The van der Waals surface area contributed by atoms with Crippen LogP contribution in [0, 0.1) is 11.6 Å². The standard InChI is InChI=1S/C30H39FN2O4.C17H26N2O.C13H14BrFO3/c1-35-30(34)29(27-18-23(31)10-12-26(27)22-14-17-36-20-22)33-15-13-25(19-33)37-16-5-4-7-24-11-9-21-6-2-3-8-28(21)32-24;1-2-7-17-14(5-1)8-9-15(19-17)6-3-4-12-20-16-10-11-18-13-16;1-17-13(16)12(14)11-6-9(15)2-3-10(11)8-4-5-18-7-8/h9-12,18,22,25,29H,2-8,13-17,19-20H2,1H3;8-9,16,18H,1-7,10-13H2;2-3,6,8,12H,4-5,7H2,1H3/t22?,25-,29?;16-;/m11./s1. The van der Waals surface area contributed by atoms with Crippen LogP contribution in [0.5, 0.6) is 0 Å². The van der Waals surface area contributed by atoms with Gasteiger partial charge in [0.15, 0.2) is 0 Å². The lowest BCUT2D eigenvalue weighted by molar-refractivity contribution is -0.147. The molecule has 6 atom stereocenters. The van der Waals surface area contributed by atoms with Crippen LogP contribution in [0.3, 0.4) is 0 Å². The number of carbonyl (C=O) groups is 2. The van der Waals surface area contributed by atoms with Gasteiger partial charge in [-0.1, -0.05) is 40.2 Å². The number of aryl methyl sites for hydroxylation is 6. The normalized spacial score (nSPS) is 22.0. The smallest absolute Gasteiger partial charge is 0.327 e.